The third-order valence-corrected chi connectivity index (χ3v) is 4.37. The van der Waals surface area contributed by atoms with Gasteiger partial charge in [-0.3, -0.25) is 24.6 Å². The molecule has 2 amide bonds. The van der Waals surface area contributed by atoms with E-state index in [1.54, 1.807) is 39.0 Å². The average Bonchev–Trinajstić information content (AvgIpc) is 2.50. The molecule has 1 aliphatic heterocycles. The number of hydrogen-bond acceptors (Lipinski definition) is 5. The van der Waals surface area contributed by atoms with Crippen LogP contribution in [0.1, 0.15) is 62.3 Å². The number of carbonyl (C=O) groups is 2. The van der Waals surface area contributed by atoms with Crippen molar-refractivity contribution in [2.75, 3.05) is 5.32 Å². The number of nitro benzene ring substituents is 1. The second kappa shape index (κ2) is 5.77. The number of benzene rings is 2. The van der Waals surface area contributed by atoms with Gasteiger partial charge in [0.15, 0.2) is 0 Å². The minimum absolute atomic E-state index is 0.180. The molecule has 0 spiro atoms. The van der Waals surface area contributed by atoms with E-state index in [1.807, 2.05) is 20.8 Å². The van der Waals surface area contributed by atoms with Gasteiger partial charge in [-0.15, -0.1) is 0 Å². The first kappa shape index (κ1) is 18.8. The van der Waals surface area contributed by atoms with Gasteiger partial charge in [-0.25, -0.2) is 0 Å². The molecule has 2 aromatic rings. The standard InChI is InChI=1S/C20H23N3O4/c1-19(2,3)21-16-11-8-7-9-12-15(11)13(10-14(16)23(26)27)18(25)22(17(12)24)20(4,5)6/h7-10,21H,1-6H3. The second-order valence-electron chi connectivity index (χ2n) is 8.80. The van der Waals surface area contributed by atoms with Crippen LogP contribution in [-0.2, 0) is 0 Å². The van der Waals surface area contributed by atoms with Crippen LogP contribution < -0.4 is 5.32 Å². The Kier molecular flexibility index (Phi) is 4.02. The Balaban J connectivity index is 2.43. The molecule has 1 aliphatic rings. The third-order valence-electron chi connectivity index (χ3n) is 4.37. The summed E-state index contributed by atoms with van der Waals surface area (Å²) in [5, 5.41) is 15.9. The van der Waals surface area contributed by atoms with Gasteiger partial charge in [0.25, 0.3) is 17.5 Å². The molecule has 7 nitrogen and oxygen atoms in total. The van der Waals surface area contributed by atoms with E-state index in [0.29, 0.717) is 22.0 Å². The zero-order valence-corrected chi connectivity index (χ0v) is 16.3. The zero-order valence-electron chi connectivity index (χ0n) is 16.3. The number of nitrogens with zero attached hydrogens (tertiary/aromatic N) is 2. The van der Waals surface area contributed by atoms with Gasteiger partial charge in [0.2, 0.25) is 0 Å². The first-order valence-electron chi connectivity index (χ1n) is 8.74. The van der Waals surface area contributed by atoms with Crippen LogP contribution in [0.25, 0.3) is 10.8 Å². The van der Waals surface area contributed by atoms with Gasteiger partial charge in [-0.2, -0.15) is 0 Å². The molecule has 0 saturated carbocycles. The number of anilines is 1. The summed E-state index contributed by atoms with van der Waals surface area (Å²) >= 11 is 0. The van der Waals surface area contributed by atoms with Crippen LogP contribution in [0.2, 0.25) is 0 Å². The number of nitrogens with one attached hydrogen (secondary N) is 1. The SMILES string of the molecule is CC(C)(C)Nc1c([N+](=O)[O-])cc2c3c(cccc13)C(=O)N(C(C)(C)C)C2=O. The lowest BCUT2D eigenvalue weighted by atomic mass is 9.89. The quantitative estimate of drug-likeness (QED) is 0.482. The Labute approximate surface area is 157 Å². The van der Waals surface area contributed by atoms with Crippen molar-refractivity contribution >= 4 is 34.0 Å². The first-order chi connectivity index (χ1) is 12.3. The number of amides is 2. The van der Waals surface area contributed by atoms with E-state index >= 15 is 0 Å². The molecular weight excluding hydrogens is 346 g/mol. The van der Waals surface area contributed by atoms with Crippen molar-refractivity contribution < 1.29 is 14.5 Å². The average molecular weight is 369 g/mol. The van der Waals surface area contributed by atoms with Gasteiger partial charge in [-0.1, -0.05) is 12.1 Å². The largest absolute Gasteiger partial charge is 0.374 e. The van der Waals surface area contributed by atoms with Crippen LogP contribution in [0.3, 0.4) is 0 Å². The van der Waals surface area contributed by atoms with Crippen LogP contribution in [-0.4, -0.2) is 32.7 Å². The minimum Gasteiger partial charge on any atom is -0.374 e. The fraction of sp³-hybridized carbons (Fsp3) is 0.400. The highest BCUT2D eigenvalue weighted by atomic mass is 16.6. The Morgan fingerprint density at radius 2 is 1.59 bits per heavy atom. The van der Waals surface area contributed by atoms with Gasteiger partial charge >= 0.3 is 0 Å². The lowest BCUT2D eigenvalue weighted by Gasteiger charge is -2.37. The summed E-state index contributed by atoms with van der Waals surface area (Å²) in [6.07, 6.45) is 0. The van der Waals surface area contributed by atoms with E-state index < -0.39 is 21.9 Å². The van der Waals surface area contributed by atoms with E-state index in [0.717, 1.165) is 0 Å². The normalized spacial score (nSPS) is 14.7. The summed E-state index contributed by atoms with van der Waals surface area (Å²) in [7, 11) is 0. The van der Waals surface area contributed by atoms with Gasteiger partial charge in [0.1, 0.15) is 5.69 Å². The molecule has 0 saturated heterocycles. The molecule has 0 radical (unpaired) electrons. The van der Waals surface area contributed by atoms with E-state index in [1.165, 1.54) is 11.0 Å². The molecule has 27 heavy (non-hydrogen) atoms. The molecule has 0 atom stereocenters. The van der Waals surface area contributed by atoms with Crippen molar-refractivity contribution in [2.24, 2.45) is 0 Å². The predicted octanol–water partition coefficient (Wildman–Crippen LogP) is 4.35. The fourth-order valence-electron chi connectivity index (χ4n) is 3.41. The lowest BCUT2D eigenvalue weighted by molar-refractivity contribution is -0.383. The smallest absolute Gasteiger partial charge is 0.293 e. The Hall–Kier alpha value is -2.96. The van der Waals surface area contributed by atoms with E-state index in [4.69, 9.17) is 0 Å². The Bertz CT molecular complexity index is 997. The van der Waals surface area contributed by atoms with Crippen LogP contribution in [0.5, 0.6) is 0 Å². The number of carbonyl (C=O) groups excluding carboxylic acids is 2. The summed E-state index contributed by atoms with van der Waals surface area (Å²) in [6.45, 7) is 11.0. The van der Waals surface area contributed by atoms with Crippen molar-refractivity contribution in [3.05, 3.63) is 45.5 Å². The van der Waals surface area contributed by atoms with Crippen molar-refractivity contribution in [3.8, 4) is 0 Å². The summed E-state index contributed by atoms with van der Waals surface area (Å²) in [4.78, 5) is 38.5. The van der Waals surface area contributed by atoms with Crippen LogP contribution >= 0.6 is 0 Å². The molecule has 0 bridgehead atoms. The van der Waals surface area contributed by atoms with Crippen LogP contribution in [0, 0.1) is 10.1 Å². The highest BCUT2D eigenvalue weighted by molar-refractivity contribution is 6.28. The maximum absolute atomic E-state index is 13.1. The van der Waals surface area contributed by atoms with Crippen molar-refractivity contribution in [1.82, 2.24) is 4.90 Å². The molecule has 142 valence electrons. The molecule has 7 heteroatoms. The maximum atomic E-state index is 13.1. The second-order valence-corrected chi connectivity index (χ2v) is 8.80. The van der Waals surface area contributed by atoms with Crippen LogP contribution in [0.4, 0.5) is 11.4 Å². The van der Waals surface area contributed by atoms with Gasteiger partial charge < -0.3 is 5.32 Å². The fourth-order valence-corrected chi connectivity index (χ4v) is 3.41. The molecule has 0 unspecified atom stereocenters. The van der Waals surface area contributed by atoms with Crippen LogP contribution in [0.15, 0.2) is 24.3 Å². The summed E-state index contributed by atoms with van der Waals surface area (Å²) in [5.41, 5.74) is -0.486. The summed E-state index contributed by atoms with van der Waals surface area (Å²) < 4.78 is 0. The monoisotopic (exact) mass is 369 g/mol. The molecule has 0 aromatic heterocycles. The zero-order chi connectivity index (χ0) is 20.3. The summed E-state index contributed by atoms with van der Waals surface area (Å²) in [6, 6.07) is 6.34. The highest BCUT2D eigenvalue weighted by Gasteiger charge is 2.41. The Morgan fingerprint density at radius 1 is 1.00 bits per heavy atom. The molecule has 3 rings (SSSR count). The van der Waals surface area contributed by atoms with Gasteiger partial charge in [-0.05, 0) is 47.6 Å². The summed E-state index contributed by atoms with van der Waals surface area (Å²) in [5.74, 6) is -0.900. The van der Waals surface area contributed by atoms with E-state index in [2.05, 4.69) is 5.32 Å². The van der Waals surface area contributed by atoms with Gasteiger partial charge in [0.05, 0.1) is 10.5 Å². The van der Waals surface area contributed by atoms with E-state index in [9.17, 15) is 19.7 Å². The molecule has 1 N–H and O–H groups in total. The van der Waals surface area contributed by atoms with Crippen molar-refractivity contribution in [2.45, 2.75) is 52.6 Å². The van der Waals surface area contributed by atoms with Crippen molar-refractivity contribution in [1.29, 1.82) is 0 Å². The predicted molar refractivity (Wildman–Crippen MR) is 104 cm³/mol. The molecule has 0 fully saturated rings. The molecule has 2 aromatic carbocycles. The number of rotatable bonds is 2. The number of hydrogen-bond donors (Lipinski definition) is 1. The number of imide groups is 1. The topological polar surface area (TPSA) is 92.6 Å². The highest BCUT2D eigenvalue weighted by Crippen LogP contribution is 2.42. The van der Waals surface area contributed by atoms with E-state index in [-0.39, 0.29) is 17.2 Å². The molecule has 0 aliphatic carbocycles. The third kappa shape index (κ3) is 3.03. The number of nitro groups is 1. The maximum Gasteiger partial charge on any atom is 0.293 e. The van der Waals surface area contributed by atoms with Gasteiger partial charge in [0, 0.05) is 33.5 Å². The molecule has 1 heterocycles. The Morgan fingerprint density at radius 3 is 2.11 bits per heavy atom. The first-order valence-corrected chi connectivity index (χ1v) is 8.74. The minimum atomic E-state index is -0.745. The van der Waals surface area contributed by atoms with Crippen molar-refractivity contribution in [3.63, 3.8) is 0 Å². The lowest BCUT2D eigenvalue weighted by Crippen LogP contribution is -2.51. The molecular formula is C20H23N3O4.